The fourth-order valence-corrected chi connectivity index (χ4v) is 3.92. The van der Waals surface area contributed by atoms with Crippen LogP contribution in [0.25, 0.3) is 0 Å². The van der Waals surface area contributed by atoms with Crippen LogP contribution in [0, 0.1) is 5.41 Å². The van der Waals surface area contributed by atoms with E-state index in [-0.39, 0.29) is 0 Å². The van der Waals surface area contributed by atoms with Gasteiger partial charge in [-0.3, -0.25) is 4.90 Å². The molecular formula is C16H23NO. The third-order valence-corrected chi connectivity index (χ3v) is 4.83. The Morgan fingerprint density at radius 1 is 1.17 bits per heavy atom. The van der Waals surface area contributed by atoms with Crippen LogP contribution in [0.4, 0.5) is 0 Å². The molecule has 2 aliphatic rings. The minimum Gasteiger partial charge on any atom is -0.395 e. The molecule has 1 heterocycles. The summed E-state index contributed by atoms with van der Waals surface area (Å²) in [5, 5.41) is 9.62. The molecule has 0 bridgehead atoms. The molecule has 1 aliphatic heterocycles. The fourth-order valence-electron chi connectivity index (χ4n) is 3.92. The van der Waals surface area contributed by atoms with Crippen molar-refractivity contribution in [1.82, 2.24) is 4.90 Å². The minimum absolute atomic E-state index is 0.314. The summed E-state index contributed by atoms with van der Waals surface area (Å²) in [4.78, 5) is 2.50. The number of benzene rings is 1. The Morgan fingerprint density at radius 2 is 1.89 bits per heavy atom. The van der Waals surface area contributed by atoms with Crippen LogP contribution in [0.15, 0.2) is 30.3 Å². The number of aliphatic hydroxyl groups excluding tert-OH is 1. The second kappa shape index (κ2) is 5.02. The normalized spacial score (nSPS) is 27.1. The van der Waals surface area contributed by atoms with Gasteiger partial charge in [-0.1, -0.05) is 43.2 Å². The molecule has 1 saturated heterocycles. The van der Waals surface area contributed by atoms with Crippen molar-refractivity contribution in [3.05, 3.63) is 35.9 Å². The fraction of sp³-hybridized carbons (Fsp3) is 0.625. The van der Waals surface area contributed by atoms with Crippen molar-refractivity contribution in [2.75, 3.05) is 13.2 Å². The molecule has 1 unspecified atom stereocenters. The van der Waals surface area contributed by atoms with Crippen LogP contribution >= 0.6 is 0 Å². The van der Waals surface area contributed by atoms with Crippen LogP contribution in [0.5, 0.6) is 0 Å². The zero-order valence-corrected chi connectivity index (χ0v) is 11.0. The van der Waals surface area contributed by atoms with Crippen molar-refractivity contribution < 1.29 is 5.11 Å². The highest BCUT2D eigenvalue weighted by Gasteiger charge is 2.44. The highest BCUT2D eigenvalue weighted by atomic mass is 16.3. The number of aliphatic hydroxyl groups is 1. The first-order valence-electron chi connectivity index (χ1n) is 7.20. The molecule has 1 spiro atoms. The molecule has 0 amide bonds. The van der Waals surface area contributed by atoms with E-state index >= 15 is 0 Å². The average Bonchev–Trinajstić information content (AvgIpc) is 2.99. The molecule has 1 N–H and O–H groups in total. The summed E-state index contributed by atoms with van der Waals surface area (Å²) in [7, 11) is 0. The number of hydrogen-bond acceptors (Lipinski definition) is 2. The van der Waals surface area contributed by atoms with Gasteiger partial charge in [-0.05, 0) is 30.2 Å². The lowest BCUT2D eigenvalue weighted by Crippen LogP contribution is -2.32. The molecule has 18 heavy (non-hydrogen) atoms. The van der Waals surface area contributed by atoms with Gasteiger partial charge in [0.1, 0.15) is 0 Å². The maximum absolute atomic E-state index is 9.62. The monoisotopic (exact) mass is 245 g/mol. The Balaban J connectivity index is 1.71. The van der Waals surface area contributed by atoms with E-state index in [1.165, 1.54) is 44.2 Å². The zero-order valence-electron chi connectivity index (χ0n) is 11.0. The van der Waals surface area contributed by atoms with Crippen molar-refractivity contribution in [3.8, 4) is 0 Å². The van der Waals surface area contributed by atoms with Crippen LogP contribution in [-0.2, 0) is 6.54 Å². The summed E-state index contributed by atoms with van der Waals surface area (Å²) >= 11 is 0. The first kappa shape index (κ1) is 12.2. The molecule has 1 aromatic rings. The van der Waals surface area contributed by atoms with Gasteiger partial charge in [-0.2, -0.15) is 0 Å². The lowest BCUT2D eigenvalue weighted by molar-refractivity contribution is 0.152. The highest BCUT2D eigenvalue weighted by molar-refractivity contribution is 5.15. The molecule has 1 saturated carbocycles. The Kier molecular flexibility index (Phi) is 3.40. The van der Waals surface area contributed by atoms with Crippen molar-refractivity contribution in [2.45, 2.75) is 44.7 Å². The average molecular weight is 245 g/mol. The third kappa shape index (κ3) is 2.32. The van der Waals surface area contributed by atoms with Crippen molar-refractivity contribution >= 4 is 0 Å². The molecular weight excluding hydrogens is 222 g/mol. The largest absolute Gasteiger partial charge is 0.395 e. The number of nitrogens with zero attached hydrogens (tertiary/aromatic N) is 1. The van der Waals surface area contributed by atoms with E-state index in [9.17, 15) is 5.11 Å². The highest BCUT2D eigenvalue weighted by Crippen LogP contribution is 2.47. The Labute approximate surface area is 110 Å². The zero-order chi connectivity index (χ0) is 12.4. The summed E-state index contributed by atoms with van der Waals surface area (Å²) in [5.41, 5.74) is 1.90. The third-order valence-electron chi connectivity index (χ3n) is 4.83. The summed E-state index contributed by atoms with van der Waals surface area (Å²) in [5.74, 6) is 0. The molecule has 0 radical (unpaired) electrons. The number of hydrogen-bond donors (Lipinski definition) is 1. The molecule has 1 aliphatic carbocycles. The van der Waals surface area contributed by atoms with Crippen molar-refractivity contribution in [1.29, 1.82) is 0 Å². The van der Waals surface area contributed by atoms with Crippen LogP contribution in [0.1, 0.15) is 37.7 Å². The van der Waals surface area contributed by atoms with Gasteiger partial charge >= 0.3 is 0 Å². The van der Waals surface area contributed by atoms with Gasteiger partial charge in [0.15, 0.2) is 0 Å². The first-order valence-corrected chi connectivity index (χ1v) is 7.20. The molecule has 2 fully saturated rings. The Hall–Kier alpha value is -0.860. The Bertz CT molecular complexity index is 383. The lowest BCUT2D eigenvalue weighted by atomic mass is 9.84. The van der Waals surface area contributed by atoms with E-state index in [1.54, 1.807) is 0 Å². The first-order chi connectivity index (χ1) is 8.81. The molecule has 2 heteroatoms. The van der Waals surface area contributed by atoms with Crippen molar-refractivity contribution in [3.63, 3.8) is 0 Å². The topological polar surface area (TPSA) is 23.5 Å². The standard InChI is InChI=1S/C16H23NO/c18-12-15-10-16(8-4-5-9-16)13-17(15)11-14-6-2-1-3-7-14/h1-3,6-7,15,18H,4-5,8-13H2. The number of likely N-dealkylation sites (tertiary alicyclic amines) is 1. The summed E-state index contributed by atoms with van der Waals surface area (Å²) in [6.45, 7) is 2.50. The van der Waals surface area contributed by atoms with E-state index in [0.717, 1.165) is 6.54 Å². The molecule has 0 aromatic heterocycles. The lowest BCUT2D eigenvalue weighted by Gasteiger charge is -2.24. The van der Waals surface area contributed by atoms with Crippen LogP contribution in [0.3, 0.4) is 0 Å². The van der Waals surface area contributed by atoms with E-state index in [1.807, 2.05) is 0 Å². The molecule has 2 nitrogen and oxygen atoms in total. The maximum atomic E-state index is 9.62. The summed E-state index contributed by atoms with van der Waals surface area (Å²) < 4.78 is 0. The minimum atomic E-state index is 0.314. The van der Waals surface area contributed by atoms with E-state index in [4.69, 9.17) is 0 Å². The number of rotatable bonds is 3. The van der Waals surface area contributed by atoms with E-state index < -0.39 is 0 Å². The van der Waals surface area contributed by atoms with Crippen molar-refractivity contribution in [2.24, 2.45) is 5.41 Å². The van der Waals surface area contributed by atoms with Crippen LogP contribution in [-0.4, -0.2) is 29.2 Å². The van der Waals surface area contributed by atoms with Crippen LogP contribution < -0.4 is 0 Å². The maximum Gasteiger partial charge on any atom is 0.0587 e. The van der Waals surface area contributed by atoms with E-state index in [2.05, 4.69) is 35.2 Å². The Morgan fingerprint density at radius 3 is 2.56 bits per heavy atom. The van der Waals surface area contributed by atoms with Gasteiger partial charge in [0.05, 0.1) is 6.61 Å². The molecule has 3 rings (SSSR count). The van der Waals surface area contributed by atoms with Gasteiger partial charge in [0.2, 0.25) is 0 Å². The summed E-state index contributed by atoms with van der Waals surface area (Å²) in [6, 6.07) is 11.0. The van der Waals surface area contributed by atoms with Gasteiger partial charge < -0.3 is 5.11 Å². The quantitative estimate of drug-likeness (QED) is 0.885. The van der Waals surface area contributed by atoms with E-state index in [0.29, 0.717) is 18.1 Å². The van der Waals surface area contributed by atoms with Gasteiger partial charge in [0.25, 0.3) is 0 Å². The molecule has 1 aromatic carbocycles. The van der Waals surface area contributed by atoms with Crippen LogP contribution in [0.2, 0.25) is 0 Å². The van der Waals surface area contributed by atoms with Gasteiger partial charge in [-0.15, -0.1) is 0 Å². The second-order valence-corrected chi connectivity index (χ2v) is 6.14. The van der Waals surface area contributed by atoms with Gasteiger partial charge in [0, 0.05) is 19.1 Å². The summed E-state index contributed by atoms with van der Waals surface area (Å²) in [6.07, 6.45) is 6.72. The van der Waals surface area contributed by atoms with Gasteiger partial charge in [-0.25, -0.2) is 0 Å². The molecule has 98 valence electrons. The SMILES string of the molecule is OCC1CC2(CCCC2)CN1Cc1ccccc1. The predicted octanol–water partition coefficient (Wildman–Crippen LogP) is 2.81. The second-order valence-electron chi connectivity index (χ2n) is 6.14. The smallest absolute Gasteiger partial charge is 0.0587 e. The predicted molar refractivity (Wildman–Crippen MR) is 73.2 cm³/mol. The molecule has 1 atom stereocenters.